The quantitative estimate of drug-likeness (QED) is 0.517. The third-order valence-electron chi connectivity index (χ3n) is 1.65. The van der Waals surface area contributed by atoms with E-state index in [2.05, 4.69) is 6.07 Å². The Balaban J connectivity index is 2.28. The largest absolute Gasteiger partial charge is 0.314 e. The molecular weight excluding hydrogens is 116 g/mol. The fraction of sp³-hybridized carbons (Fsp3) is 0.833. The number of hydrogen-bond donors (Lipinski definition) is 1. The van der Waals surface area contributed by atoms with Crippen LogP contribution >= 0.6 is 0 Å². The summed E-state index contributed by atoms with van der Waals surface area (Å²) in [5.41, 5.74) is 0. The minimum atomic E-state index is 0.174. The first kappa shape index (κ1) is 6.53. The molecule has 1 heterocycles. The molecular formula is C6H10N2O. The average molecular weight is 126 g/mol. The van der Waals surface area contributed by atoms with Gasteiger partial charge in [0, 0.05) is 19.0 Å². The van der Waals surface area contributed by atoms with Crippen molar-refractivity contribution in [2.24, 2.45) is 5.92 Å². The molecule has 1 rings (SSSR count). The molecule has 1 N–H and O–H groups in total. The van der Waals surface area contributed by atoms with E-state index in [1.165, 1.54) is 5.06 Å². The Morgan fingerprint density at radius 1 is 1.44 bits per heavy atom. The van der Waals surface area contributed by atoms with E-state index < -0.39 is 0 Å². The minimum absolute atomic E-state index is 0.174. The van der Waals surface area contributed by atoms with Gasteiger partial charge in [-0.1, -0.05) is 0 Å². The van der Waals surface area contributed by atoms with Crippen molar-refractivity contribution in [2.75, 3.05) is 13.1 Å². The molecule has 1 saturated heterocycles. The number of nitrogens with zero attached hydrogens (tertiary/aromatic N) is 2. The molecule has 1 aliphatic heterocycles. The van der Waals surface area contributed by atoms with Gasteiger partial charge in [0.05, 0.1) is 6.07 Å². The lowest BCUT2D eigenvalue weighted by molar-refractivity contribution is -0.108. The summed E-state index contributed by atoms with van der Waals surface area (Å²) < 4.78 is 0. The van der Waals surface area contributed by atoms with Crippen LogP contribution in [-0.2, 0) is 0 Å². The lowest BCUT2D eigenvalue weighted by Gasteiger charge is -2.22. The highest BCUT2D eigenvalue weighted by atomic mass is 16.5. The van der Waals surface area contributed by atoms with Crippen LogP contribution in [0, 0.1) is 17.2 Å². The van der Waals surface area contributed by atoms with E-state index >= 15 is 0 Å². The van der Waals surface area contributed by atoms with Gasteiger partial charge in [-0.3, -0.25) is 0 Å². The highest BCUT2D eigenvalue weighted by Crippen LogP contribution is 2.13. The number of hydroxylamine groups is 2. The molecule has 1 aliphatic rings. The maximum Gasteiger partial charge on any atom is 0.0656 e. The topological polar surface area (TPSA) is 47.3 Å². The third kappa shape index (κ3) is 1.67. The van der Waals surface area contributed by atoms with E-state index in [9.17, 15) is 0 Å². The van der Waals surface area contributed by atoms with Crippen LogP contribution in [0.3, 0.4) is 0 Å². The molecule has 0 amide bonds. The van der Waals surface area contributed by atoms with E-state index in [4.69, 9.17) is 10.5 Å². The normalized spacial score (nSPS) is 23.6. The molecule has 3 nitrogen and oxygen atoms in total. The second kappa shape index (κ2) is 2.81. The van der Waals surface area contributed by atoms with Crippen molar-refractivity contribution in [3.05, 3.63) is 0 Å². The van der Waals surface area contributed by atoms with Crippen molar-refractivity contribution < 1.29 is 5.21 Å². The Morgan fingerprint density at radius 3 is 2.44 bits per heavy atom. The van der Waals surface area contributed by atoms with Gasteiger partial charge in [0.1, 0.15) is 0 Å². The Hall–Kier alpha value is -0.590. The Morgan fingerprint density at radius 2 is 2.00 bits per heavy atom. The average Bonchev–Trinajstić information content (AvgIpc) is 1.90. The van der Waals surface area contributed by atoms with Gasteiger partial charge in [0.15, 0.2) is 0 Å². The number of nitriles is 1. The van der Waals surface area contributed by atoms with Crippen LogP contribution in [0.4, 0.5) is 0 Å². The van der Waals surface area contributed by atoms with Crippen LogP contribution < -0.4 is 0 Å². The molecule has 0 unspecified atom stereocenters. The molecule has 0 aliphatic carbocycles. The Bertz CT molecular complexity index is 122. The van der Waals surface area contributed by atoms with Gasteiger partial charge in [-0.2, -0.15) is 10.3 Å². The molecule has 0 aromatic rings. The summed E-state index contributed by atoms with van der Waals surface area (Å²) in [6.07, 6.45) is 1.62. The van der Waals surface area contributed by atoms with E-state index in [-0.39, 0.29) is 5.92 Å². The maximum absolute atomic E-state index is 8.85. The first-order chi connectivity index (χ1) is 4.33. The van der Waals surface area contributed by atoms with Crippen molar-refractivity contribution in [2.45, 2.75) is 12.8 Å². The summed E-state index contributed by atoms with van der Waals surface area (Å²) in [7, 11) is 0. The van der Waals surface area contributed by atoms with Gasteiger partial charge in [-0.15, -0.1) is 0 Å². The molecule has 1 fully saturated rings. The summed E-state index contributed by atoms with van der Waals surface area (Å²) in [5.74, 6) is 0.174. The number of piperidine rings is 1. The first-order valence-electron chi connectivity index (χ1n) is 3.16. The standard InChI is InChI=1S/C6H10N2O/c7-5-6-1-3-8(9)4-2-6/h6,9H,1-4H2. The molecule has 0 aromatic carbocycles. The molecule has 50 valence electrons. The third-order valence-corrected chi connectivity index (χ3v) is 1.65. The van der Waals surface area contributed by atoms with Crippen molar-refractivity contribution in [1.82, 2.24) is 5.06 Å². The van der Waals surface area contributed by atoms with Crippen molar-refractivity contribution >= 4 is 0 Å². The monoisotopic (exact) mass is 126 g/mol. The summed E-state index contributed by atoms with van der Waals surface area (Å²) >= 11 is 0. The zero-order valence-corrected chi connectivity index (χ0v) is 5.25. The van der Waals surface area contributed by atoms with Gasteiger partial charge in [0.25, 0.3) is 0 Å². The summed E-state index contributed by atoms with van der Waals surface area (Å²) in [6.45, 7) is 1.30. The van der Waals surface area contributed by atoms with Crippen LogP contribution in [0.2, 0.25) is 0 Å². The molecule has 9 heavy (non-hydrogen) atoms. The summed E-state index contributed by atoms with van der Waals surface area (Å²) in [6, 6.07) is 2.19. The van der Waals surface area contributed by atoms with Gasteiger partial charge >= 0.3 is 0 Å². The number of hydrogen-bond acceptors (Lipinski definition) is 3. The van der Waals surface area contributed by atoms with Gasteiger partial charge in [0.2, 0.25) is 0 Å². The molecule has 3 heteroatoms. The molecule has 0 radical (unpaired) electrons. The Labute approximate surface area is 54.5 Å². The van der Waals surface area contributed by atoms with E-state index in [0.29, 0.717) is 13.1 Å². The minimum Gasteiger partial charge on any atom is -0.314 e. The Kier molecular flexibility index (Phi) is 2.04. The van der Waals surface area contributed by atoms with Gasteiger partial charge < -0.3 is 5.21 Å². The van der Waals surface area contributed by atoms with Crippen molar-refractivity contribution in [3.63, 3.8) is 0 Å². The molecule has 0 saturated carbocycles. The lowest BCUT2D eigenvalue weighted by atomic mass is 10.0. The van der Waals surface area contributed by atoms with Crippen molar-refractivity contribution in [1.29, 1.82) is 5.26 Å². The van der Waals surface area contributed by atoms with E-state index in [1.807, 2.05) is 0 Å². The maximum atomic E-state index is 8.85. The predicted octanol–water partition coefficient (Wildman–Crippen LogP) is 0.611. The van der Waals surface area contributed by atoms with Gasteiger partial charge in [-0.05, 0) is 12.8 Å². The highest BCUT2D eigenvalue weighted by molar-refractivity contribution is 4.85. The van der Waals surface area contributed by atoms with Crippen molar-refractivity contribution in [3.8, 4) is 6.07 Å². The van der Waals surface area contributed by atoms with E-state index in [0.717, 1.165) is 12.8 Å². The van der Waals surface area contributed by atoms with E-state index in [1.54, 1.807) is 0 Å². The second-order valence-electron chi connectivity index (χ2n) is 2.36. The highest BCUT2D eigenvalue weighted by Gasteiger charge is 2.16. The zero-order valence-electron chi connectivity index (χ0n) is 5.25. The lowest BCUT2D eigenvalue weighted by Crippen LogP contribution is -2.30. The molecule has 0 aromatic heterocycles. The fourth-order valence-electron chi connectivity index (χ4n) is 0.995. The zero-order chi connectivity index (χ0) is 6.69. The van der Waals surface area contributed by atoms with Crippen LogP contribution in [0.1, 0.15) is 12.8 Å². The van der Waals surface area contributed by atoms with Gasteiger partial charge in [-0.25, -0.2) is 0 Å². The smallest absolute Gasteiger partial charge is 0.0656 e. The summed E-state index contributed by atoms with van der Waals surface area (Å²) in [5, 5.41) is 18.5. The number of rotatable bonds is 0. The van der Waals surface area contributed by atoms with Crippen LogP contribution in [0.5, 0.6) is 0 Å². The fourth-order valence-corrected chi connectivity index (χ4v) is 0.995. The van der Waals surface area contributed by atoms with Crippen LogP contribution in [-0.4, -0.2) is 23.4 Å². The SMILES string of the molecule is N#CC1CCN(O)CC1. The summed E-state index contributed by atoms with van der Waals surface area (Å²) in [4.78, 5) is 0. The van der Waals surface area contributed by atoms with Crippen LogP contribution in [0.15, 0.2) is 0 Å². The van der Waals surface area contributed by atoms with Crippen LogP contribution in [0.25, 0.3) is 0 Å². The first-order valence-corrected chi connectivity index (χ1v) is 3.16. The molecule has 0 atom stereocenters. The molecule has 0 bridgehead atoms. The predicted molar refractivity (Wildman–Crippen MR) is 31.7 cm³/mol. The second-order valence-corrected chi connectivity index (χ2v) is 2.36. The molecule has 0 spiro atoms.